The lowest BCUT2D eigenvalue weighted by atomic mass is 10.0. The Balaban J connectivity index is 1.92. The Morgan fingerprint density at radius 2 is 1.71 bits per heavy atom. The molecule has 1 aliphatic heterocycles. The standard InChI is InChI=1S/C15H20BrF3N2/c1-10-7-12(16)8-11(2)14(10)20-13-3-5-21(6-4-13)9-15(17,18)19/h7-8,13,20H,3-6,9H2,1-2H3. The Morgan fingerprint density at radius 1 is 1.19 bits per heavy atom. The highest BCUT2D eigenvalue weighted by molar-refractivity contribution is 9.10. The third kappa shape index (κ3) is 4.88. The van der Waals surface area contributed by atoms with Crippen LogP contribution >= 0.6 is 15.9 Å². The van der Waals surface area contributed by atoms with Crippen molar-refractivity contribution in [2.24, 2.45) is 0 Å². The monoisotopic (exact) mass is 364 g/mol. The molecule has 1 aromatic rings. The largest absolute Gasteiger partial charge is 0.401 e. The van der Waals surface area contributed by atoms with Crippen LogP contribution in [-0.2, 0) is 0 Å². The minimum absolute atomic E-state index is 0.244. The maximum Gasteiger partial charge on any atom is 0.401 e. The highest BCUT2D eigenvalue weighted by Gasteiger charge is 2.32. The molecule has 0 atom stereocenters. The molecular weight excluding hydrogens is 345 g/mol. The van der Waals surface area contributed by atoms with E-state index in [1.54, 1.807) is 0 Å². The van der Waals surface area contributed by atoms with Crippen LogP contribution in [0.15, 0.2) is 16.6 Å². The van der Waals surface area contributed by atoms with E-state index >= 15 is 0 Å². The van der Waals surface area contributed by atoms with Gasteiger partial charge in [-0.25, -0.2) is 0 Å². The number of rotatable bonds is 3. The number of hydrogen-bond acceptors (Lipinski definition) is 2. The molecule has 1 N–H and O–H groups in total. The van der Waals surface area contributed by atoms with Crippen molar-refractivity contribution in [2.75, 3.05) is 25.0 Å². The van der Waals surface area contributed by atoms with Crippen LogP contribution in [0.5, 0.6) is 0 Å². The average molecular weight is 365 g/mol. The molecule has 21 heavy (non-hydrogen) atoms. The maximum absolute atomic E-state index is 12.4. The Hall–Kier alpha value is -0.750. The van der Waals surface area contributed by atoms with Gasteiger partial charge >= 0.3 is 6.18 Å². The molecule has 1 saturated heterocycles. The minimum Gasteiger partial charge on any atom is -0.382 e. The van der Waals surface area contributed by atoms with E-state index in [1.165, 1.54) is 4.90 Å². The number of halogens is 4. The van der Waals surface area contributed by atoms with E-state index in [0.717, 1.165) is 34.1 Å². The molecule has 1 fully saturated rings. The summed E-state index contributed by atoms with van der Waals surface area (Å²) in [6.07, 6.45) is -2.62. The molecule has 0 aliphatic carbocycles. The number of nitrogens with zero attached hydrogens (tertiary/aromatic N) is 1. The number of benzene rings is 1. The number of anilines is 1. The zero-order valence-electron chi connectivity index (χ0n) is 12.2. The van der Waals surface area contributed by atoms with E-state index < -0.39 is 12.7 Å². The number of hydrogen-bond donors (Lipinski definition) is 1. The number of piperidine rings is 1. The smallest absolute Gasteiger partial charge is 0.382 e. The van der Waals surface area contributed by atoms with Gasteiger partial charge in [0.1, 0.15) is 0 Å². The lowest BCUT2D eigenvalue weighted by Gasteiger charge is -2.33. The van der Waals surface area contributed by atoms with Crippen LogP contribution in [0, 0.1) is 13.8 Å². The summed E-state index contributed by atoms with van der Waals surface area (Å²) in [5.41, 5.74) is 3.41. The molecule has 6 heteroatoms. The Labute approximate surface area is 131 Å². The SMILES string of the molecule is Cc1cc(Br)cc(C)c1NC1CCN(CC(F)(F)F)CC1. The van der Waals surface area contributed by atoms with Gasteiger partial charge in [-0.15, -0.1) is 0 Å². The van der Waals surface area contributed by atoms with Crippen LogP contribution in [0.25, 0.3) is 0 Å². The maximum atomic E-state index is 12.4. The predicted octanol–water partition coefficient (Wildman–Crippen LogP) is 4.50. The van der Waals surface area contributed by atoms with Crippen molar-refractivity contribution in [3.63, 3.8) is 0 Å². The zero-order valence-corrected chi connectivity index (χ0v) is 13.8. The fourth-order valence-corrected chi connectivity index (χ4v) is 3.52. The predicted molar refractivity (Wildman–Crippen MR) is 82.8 cm³/mol. The van der Waals surface area contributed by atoms with Crippen LogP contribution < -0.4 is 5.32 Å². The topological polar surface area (TPSA) is 15.3 Å². The van der Waals surface area contributed by atoms with Crippen molar-refractivity contribution in [3.8, 4) is 0 Å². The van der Waals surface area contributed by atoms with Gasteiger partial charge in [-0.3, -0.25) is 4.90 Å². The van der Waals surface area contributed by atoms with Crippen LogP contribution in [0.3, 0.4) is 0 Å². The first-order chi connectivity index (χ1) is 9.74. The number of likely N-dealkylation sites (tertiary alicyclic amines) is 1. The molecule has 0 aromatic heterocycles. The molecule has 0 radical (unpaired) electrons. The Kier molecular flexibility index (Phi) is 5.20. The zero-order chi connectivity index (χ0) is 15.6. The molecule has 1 heterocycles. The molecule has 0 saturated carbocycles. The third-order valence-corrected chi connectivity index (χ3v) is 4.29. The molecule has 2 rings (SSSR count). The molecular formula is C15H20BrF3N2. The summed E-state index contributed by atoms with van der Waals surface area (Å²) >= 11 is 3.47. The van der Waals surface area contributed by atoms with Gasteiger partial charge in [0.2, 0.25) is 0 Å². The van der Waals surface area contributed by atoms with Gasteiger partial charge in [-0.1, -0.05) is 15.9 Å². The second kappa shape index (κ2) is 6.57. The normalized spacial score (nSPS) is 18.0. The van der Waals surface area contributed by atoms with Gasteiger partial charge in [0.15, 0.2) is 0 Å². The van der Waals surface area contributed by atoms with Crippen molar-refractivity contribution in [3.05, 3.63) is 27.7 Å². The number of nitrogens with one attached hydrogen (secondary N) is 1. The third-order valence-electron chi connectivity index (χ3n) is 3.84. The quantitative estimate of drug-likeness (QED) is 0.848. The average Bonchev–Trinajstić information content (AvgIpc) is 2.34. The summed E-state index contributed by atoms with van der Waals surface area (Å²) in [5.74, 6) is 0. The van der Waals surface area contributed by atoms with Crippen molar-refractivity contribution >= 4 is 21.6 Å². The van der Waals surface area contributed by atoms with E-state index in [0.29, 0.717) is 13.1 Å². The van der Waals surface area contributed by atoms with Gasteiger partial charge < -0.3 is 5.32 Å². The van der Waals surface area contributed by atoms with Crippen LogP contribution in [0.2, 0.25) is 0 Å². The highest BCUT2D eigenvalue weighted by Crippen LogP contribution is 2.28. The Bertz CT molecular complexity index is 471. The van der Waals surface area contributed by atoms with Gasteiger partial charge in [0.25, 0.3) is 0 Å². The van der Waals surface area contributed by atoms with Gasteiger partial charge in [0, 0.05) is 29.3 Å². The summed E-state index contributed by atoms with van der Waals surface area (Å²) < 4.78 is 38.1. The molecule has 0 bridgehead atoms. The molecule has 1 aliphatic rings. The van der Waals surface area contributed by atoms with E-state index in [2.05, 4.69) is 21.2 Å². The number of aryl methyl sites for hydroxylation is 2. The van der Waals surface area contributed by atoms with Gasteiger partial charge in [-0.05, 0) is 49.9 Å². The van der Waals surface area contributed by atoms with Crippen molar-refractivity contribution in [1.82, 2.24) is 4.90 Å². The first kappa shape index (κ1) is 16.6. The van der Waals surface area contributed by atoms with E-state index in [4.69, 9.17) is 0 Å². The molecule has 0 unspecified atom stereocenters. The first-order valence-electron chi connectivity index (χ1n) is 7.07. The van der Waals surface area contributed by atoms with Crippen LogP contribution in [0.4, 0.5) is 18.9 Å². The van der Waals surface area contributed by atoms with E-state index in [-0.39, 0.29) is 6.04 Å². The number of alkyl halides is 3. The molecule has 1 aromatic carbocycles. The summed E-state index contributed by atoms with van der Waals surface area (Å²) in [4.78, 5) is 1.49. The van der Waals surface area contributed by atoms with E-state index in [1.807, 2.05) is 26.0 Å². The molecule has 0 amide bonds. The summed E-state index contributed by atoms with van der Waals surface area (Å²) in [6, 6.07) is 4.34. The minimum atomic E-state index is -4.10. The molecule has 2 nitrogen and oxygen atoms in total. The first-order valence-corrected chi connectivity index (χ1v) is 7.86. The van der Waals surface area contributed by atoms with Crippen molar-refractivity contribution in [2.45, 2.75) is 38.9 Å². The summed E-state index contributed by atoms with van der Waals surface area (Å²) in [5, 5.41) is 3.50. The van der Waals surface area contributed by atoms with Crippen molar-refractivity contribution < 1.29 is 13.2 Å². The van der Waals surface area contributed by atoms with Gasteiger partial charge in [-0.2, -0.15) is 13.2 Å². The second-order valence-electron chi connectivity index (χ2n) is 5.72. The summed E-state index contributed by atoms with van der Waals surface area (Å²) in [7, 11) is 0. The van der Waals surface area contributed by atoms with Crippen LogP contribution in [0.1, 0.15) is 24.0 Å². The van der Waals surface area contributed by atoms with Gasteiger partial charge in [0.05, 0.1) is 6.54 Å². The Morgan fingerprint density at radius 3 is 2.19 bits per heavy atom. The van der Waals surface area contributed by atoms with E-state index in [9.17, 15) is 13.2 Å². The fourth-order valence-electron chi connectivity index (χ4n) is 2.83. The van der Waals surface area contributed by atoms with Crippen LogP contribution in [-0.4, -0.2) is 36.8 Å². The summed E-state index contributed by atoms with van der Waals surface area (Å²) in [6.45, 7) is 4.27. The lowest BCUT2D eigenvalue weighted by Crippen LogP contribution is -2.43. The molecule has 118 valence electrons. The second-order valence-corrected chi connectivity index (χ2v) is 6.64. The highest BCUT2D eigenvalue weighted by atomic mass is 79.9. The lowest BCUT2D eigenvalue weighted by molar-refractivity contribution is -0.147. The van der Waals surface area contributed by atoms with Crippen molar-refractivity contribution in [1.29, 1.82) is 0 Å². The molecule has 0 spiro atoms. The fraction of sp³-hybridized carbons (Fsp3) is 0.600.